The number of carbonyl (C=O) groups is 1. The number of esters is 1. The van der Waals surface area contributed by atoms with Gasteiger partial charge in [-0.25, -0.2) is 4.79 Å². The molecule has 0 unspecified atom stereocenters. The molecule has 0 bridgehead atoms. The summed E-state index contributed by atoms with van der Waals surface area (Å²) in [4.78, 5) is 25.3. The minimum Gasteiger partial charge on any atom is -0.462 e. The Morgan fingerprint density at radius 2 is 1.62 bits per heavy atom. The Bertz CT molecular complexity index is 1160. The monoisotopic (exact) mass is 317 g/mol. The average Bonchev–Trinajstić information content (AvgIpc) is 2.61. The molecule has 4 rings (SSSR count). The van der Waals surface area contributed by atoms with E-state index in [4.69, 9.17) is 4.74 Å². The molecule has 0 spiro atoms. The normalized spacial score (nSPS) is 11.2. The Labute approximate surface area is 137 Å². The first kappa shape index (κ1) is 14.5. The fraction of sp³-hybridized carbons (Fsp3) is 0.100. The molecule has 0 fully saturated rings. The third-order valence-corrected chi connectivity index (χ3v) is 4.22. The van der Waals surface area contributed by atoms with Crippen LogP contribution in [-0.2, 0) is 4.74 Å². The van der Waals surface area contributed by atoms with Gasteiger partial charge >= 0.3 is 5.97 Å². The van der Waals surface area contributed by atoms with Gasteiger partial charge in [0.2, 0.25) is 0 Å². The third kappa shape index (κ3) is 2.00. The van der Waals surface area contributed by atoms with Crippen molar-refractivity contribution < 1.29 is 9.53 Å². The molecular formula is C20H15NO3. The first-order chi connectivity index (χ1) is 11.7. The summed E-state index contributed by atoms with van der Waals surface area (Å²) >= 11 is 0. The second-order valence-electron chi connectivity index (χ2n) is 5.57. The van der Waals surface area contributed by atoms with Crippen molar-refractivity contribution in [2.45, 2.75) is 6.92 Å². The van der Waals surface area contributed by atoms with Gasteiger partial charge in [-0.05, 0) is 18.4 Å². The summed E-state index contributed by atoms with van der Waals surface area (Å²) in [6, 6.07) is 17.2. The van der Waals surface area contributed by atoms with Crippen LogP contribution in [0.15, 0.2) is 65.6 Å². The van der Waals surface area contributed by atoms with Gasteiger partial charge < -0.3 is 4.74 Å². The van der Waals surface area contributed by atoms with Crippen molar-refractivity contribution in [3.05, 3.63) is 76.7 Å². The smallest absolute Gasteiger partial charge is 0.344 e. The number of benzene rings is 2. The second-order valence-corrected chi connectivity index (χ2v) is 5.57. The second kappa shape index (κ2) is 5.49. The van der Waals surface area contributed by atoms with Crippen LogP contribution < -0.4 is 5.56 Å². The van der Waals surface area contributed by atoms with Gasteiger partial charge in [0.1, 0.15) is 5.56 Å². The lowest BCUT2D eigenvalue weighted by Gasteiger charge is -2.12. The number of nitrogens with zero attached hydrogens (tertiary/aromatic N) is 1. The van der Waals surface area contributed by atoms with E-state index in [1.165, 1.54) is 4.40 Å². The van der Waals surface area contributed by atoms with E-state index >= 15 is 0 Å². The molecule has 2 aromatic heterocycles. The van der Waals surface area contributed by atoms with Gasteiger partial charge in [-0.1, -0.05) is 48.5 Å². The number of pyridine rings is 2. The minimum atomic E-state index is -0.582. The number of hydrogen-bond acceptors (Lipinski definition) is 3. The predicted molar refractivity (Wildman–Crippen MR) is 94.6 cm³/mol. The highest BCUT2D eigenvalue weighted by Gasteiger charge is 2.20. The first-order valence-electron chi connectivity index (χ1n) is 7.84. The quantitative estimate of drug-likeness (QED) is 0.417. The van der Waals surface area contributed by atoms with E-state index in [0.29, 0.717) is 5.39 Å². The summed E-state index contributed by atoms with van der Waals surface area (Å²) in [7, 11) is 0. The molecule has 0 radical (unpaired) electrons. The molecule has 0 amide bonds. The van der Waals surface area contributed by atoms with Crippen LogP contribution in [0.3, 0.4) is 0 Å². The van der Waals surface area contributed by atoms with Gasteiger partial charge in [0.05, 0.1) is 12.1 Å². The molecular weight excluding hydrogens is 302 g/mol. The maximum Gasteiger partial charge on any atom is 0.344 e. The van der Waals surface area contributed by atoms with Gasteiger partial charge in [-0.3, -0.25) is 9.20 Å². The van der Waals surface area contributed by atoms with Gasteiger partial charge in [-0.2, -0.15) is 0 Å². The zero-order valence-electron chi connectivity index (χ0n) is 13.2. The lowest BCUT2D eigenvalue weighted by Crippen LogP contribution is -2.24. The highest BCUT2D eigenvalue weighted by atomic mass is 16.5. The molecule has 2 heterocycles. The maximum absolute atomic E-state index is 13.0. The maximum atomic E-state index is 13.0. The highest BCUT2D eigenvalue weighted by molar-refractivity contribution is 6.15. The molecule has 4 heteroatoms. The SMILES string of the molecule is CCOC(=O)c1c(=O)n2ccc3ccccc3c2c2ccccc12. The highest BCUT2D eigenvalue weighted by Crippen LogP contribution is 2.27. The number of fused-ring (bicyclic) bond motifs is 5. The third-order valence-electron chi connectivity index (χ3n) is 4.22. The topological polar surface area (TPSA) is 47.8 Å². The van der Waals surface area contributed by atoms with E-state index in [9.17, 15) is 9.59 Å². The molecule has 24 heavy (non-hydrogen) atoms. The molecule has 0 atom stereocenters. The molecule has 4 nitrogen and oxygen atoms in total. The van der Waals surface area contributed by atoms with E-state index in [1.807, 2.05) is 48.5 Å². The average molecular weight is 317 g/mol. The molecule has 0 aliphatic rings. The Morgan fingerprint density at radius 1 is 0.958 bits per heavy atom. The number of hydrogen-bond donors (Lipinski definition) is 0. The van der Waals surface area contributed by atoms with Crippen LogP contribution in [0.1, 0.15) is 17.3 Å². The Balaban J connectivity index is 2.28. The van der Waals surface area contributed by atoms with E-state index in [2.05, 4.69) is 0 Å². The van der Waals surface area contributed by atoms with E-state index in [0.717, 1.165) is 21.7 Å². The van der Waals surface area contributed by atoms with Crippen LogP contribution in [0.4, 0.5) is 0 Å². The Morgan fingerprint density at radius 3 is 2.38 bits per heavy atom. The largest absolute Gasteiger partial charge is 0.462 e. The van der Waals surface area contributed by atoms with Crippen LogP contribution in [0.25, 0.3) is 27.1 Å². The molecule has 4 aromatic rings. The predicted octanol–water partition coefficient (Wildman–Crippen LogP) is 3.78. The lowest BCUT2D eigenvalue weighted by molar-refractivity contribution is 0.0526. The van der Waals surface area contributed by atoms with E-state index in [-0.39, 0.29) is 17.7 Å². The molecule has 0 aliphatic carbocycles. The van der Waals surface area contributed by atoms with Crippen molar-refractivity contribution in [1.82, 2.24) is 4.40 Å². The summed E-state index contributed by atoms with van der Waals surface area (Å²) in [6.45, 7) is 1.96. The number of carbonyl (C=O) groups excluding carboxylic acids is 1. The van der Waals surface area contributed by atoms with Crippen molar-refractivity contribution in [3.63, 3.8) is 0 Å². The van der Waals surface area contributed by atoms with Crippen LogP contribution >= 0.6 is 0 Å². The standard InChI is InChI=1S/C20H15NO3/c1-2-24-20(23)17-15-9-5-6-10-16(15)18-14-8-4-3-7-13(14)11-12-21(18)19(17)22/h3-12H,2H2,1H3. The fourth-order valence-corrected chi connectivity index (χ4v) is 3.21. The number of ether oxygens (including phenoxy) is 1. The number of aromatic nitrogens is 1. The van der Waals surface area contributed by atoms with Gasteiger partial charge in [0.25, 0.3) is 5.56 Å². The summed E-state index contributed by atoms with van der Waals surface area (Å²) in [5.41, 5.74) is 0.537. The summed E-state index contributed by atoms with van der Waals surface area (Å²) < 4.78 is 6.64. The summed E-state index contributed by atoms with van der Waals surface area (Å²) in [6.07, 6.45) is 1.72. The van der Waals surface area contributed by atoms with Gasteiger partial charge in [0.15, 0.2) is 0 Å². The summed E-state index contributed by atoms with van der Waals surface area (Å²) in [5, 5.41) is 3.50. The van der Waals surface area contributed by atoms with Crippen molar-refractivity contribution in [3.8, 4) is 0 Å². The van der Waals surface area contributed by atoms with Crippen molar-refractivity contribution >= 4 is 33.0 Å². The molecule has 0 N–H and O–H groups in total. The van der Waals surface area contributed by atoms with Crippen molar-refractivity contribution in [2.75, 3.05) is 6.61 Å². The molecule has 0 aliphatic heterocycles. The minimum absolute atomic E-state index is 0.0835. The first-order valence-corrected chi connectivity index (χ1v) is 7.84. The van der Waals surface area contributed by atoms with Gasteiger partial charge in [0, 0.05) is 22.4 Å². The molecule has 118 valence electrons. The Kier molecular flexibility index (Phi) is 3.31. The zero-order chi connectivity index (χ0) is 16.7. The Hall–Kier alpha value is -3.14. The zero-order valence-corrected chi connectivity index (χ0v) is 13.2. The van der Waals surface area contributed by atoms with Crippen molar-refractivity contribution in [1.29, 1.82) is 0 Å². The molecule has 2 aromatic carbocycles. The van der Waals surface area contributed by atoms with Crippen LogP contribution in [-0.4, -0.2) is 17.0 Å². The van der Waals surface area contributed by atoms with Gasteiger partial charge in [-0.15, -0.1) is 0 Å². The summed E-state index contributed by atoms with van der Waals surface area (Å²) in [5.74, 6) is -0.582. The van der Waals surface area contributed by atoms with E-state index < -0.39 is 5.97 Å². The molecule has 0 saturated heterocycles. The van der Waals surface area contributed by atoms with Crippen LogP contribution in [0.5, 0.6) is 0 Å². The number of rotatable bonds is 2. The lowest BCUT2D eigenvalue weighted by atomic mass is 10.0. The fourth-order valence-electron chi connectivity index (χ4n) is 3.21. The van der Waals surface area contributed by atoms with Crippen LogP contribution in [0, 0.1) is 0 Å². The van der Waals surface area contributed by atoms with Crippen LogP contribution in [0.2, 0.25) is 0 Å². The van der Waals surface area contributed by atoms with Crippen molar-refractivity contribution in [2.24, 2.45) is 0 Å². The molecule has 0 saturated carbocycles. The van der Waals surface area contributed by atoms with E-state index in [1.54, 1.807) is 19.2 Å².